The first-order valence-electron chi connectivity index (χ1n) is 6.85. The highest BCUT2D eigenvalue weighted by Gasteiger charge is 2.20. The van der Waals surface area contributed by atoms with Crippen LogP contribution in [0.3, 0.4) is 0 Å². The van der Waals surface area contributed by atoms with Crippen LogP contribution in [0.1, 0.15) is 33.7 Å². The molecule has 0 spiro atoms. The maximum atomic E-state index is 12.4. The van der Waals surface area contributed by atoms with Crippen molar-refractivity contribution in [3.63, 3.8) is 0 Å². The van der Waals surface area contributed by atoms with E-state index in [4.69, 9.17) is 0 Å². The van der Waals surface area contributed by atoms with Crippen molar-refractivity contribution in [3.8, 4) is 0 Å². The molecule has 1 aliphatic rings. The van der Waals surface area contributed by atoms with Gasteiger partial charge in [0.2, 0.25) is 0 Å². The van der Waals surface area contributed by atoms with Crippen LogP contribution in [-0.4, -0.2) is 33.3 Å². The lowest BCUT2D eigenvalue weighted by molar-refractivity contribution is 0.0981. The topological polar surface area (TPSA) is 67.2 Å². The number of thiophene rings is 1. The molecule has 1 aliphatic heterocycles. The SMILES string of the molecule is CCc1nc(C)c2c(C)c(C(=O)NC3=NCCS3)sc2n1. The van der Waals surface area contributed by atoms with Crippen molar-refractivity contribution >= 4 is 44.4 Å². The number of nitrogens with one attached hydrogen (secondary N) is 1. The molecule has 21 heavy (non-hydrogen) atoms. The number of amidine groups is 1. The average Bonchev–Trinajstić information content (AvgIpc) is 3.06. The summed E-state index contributed by atoms with van der Waals surface area (Å²) in [5, 5.41) is 4.60. The first-order valence-corrected chi connectivity index (χ1v) is 8.65. The van der Waals surface area contributed by atoms with Crippen LogP contribution in [-0.2, 0) is 6.42 Å². The van der Waals surface area contributed by atoms with Gasteiger partial charge in [0, 0.05) is 23.3 Å². The monoisotopic (exact) mass is 320 g/mol. The van der Waals surface area contributed by atoms with Crippen LogP contribution in [0.15, 0.2) is 4.99 Å². The highest BCUT2D eigenvalue weighted by Crippen LogP contribution is 2.31. The number of fused-ring (bicyclic) bond motifs is 1. The fraction of sp³-hybridized carbons (Fsp3) is 0.429. The molecule has 0 unspecified atom stereocenters. The standard InChI is InChI=1S/C14H16N4OS2/c1-4-9-16-8(3)10-7(2)11(21-13(10)17-9)12(19)18-14-15-5-6-20-14/h4-6H2,1-3H3,(H,15,18,19). The number of nitrogens with zero attached hydrogens (tertiary/aromatic N) is 3. The molecule has 0 fully saturated rings. The summed E-state index contributed by atoms with van der Waals surface area (Å²) >= 11 is 3.01. The summed E-state index contributed by atoms with van der Waals surface area (Å²) in [4.78, 5) is 27.3. The van der Waals surface area contributed by atoms with Crippen molar-refractivity contribution in [2.75, 3.05) is 12.3 Å². The molecule has 0 atom stereocenters. The molecule has 2 aromatic rings. The Morgan fingerprint density at radius 2 is 2.14 bits per heavy atom. The van der Waals surface area contributed by atoms with E-state index >= 15 is 0 Å². The van der Waals surface area contributed by atoms with E-state index in [9.17, 15) is 4.79 Å². The Morgan fingerprint density at radius 1 is 1.33 bits per heavy atom. The number of hydrogen-bond donors (Lipinski definition) is 1. The molecule has 3 rings (SSSR count). The van der Waals surface area contributed by atoms with Crippen LogP contribution >= 0.6 is 23.1 Å². The van der Waals surface area contributed by atoms with Gasteiger partial charge in [-0.2, -0.15) is 0 Å². The minimum atomic E-state index is -0.0962. The highest BCUT2D eigenvalue weighted by atomic mass is 32.2. The van der Waals surface area contributed by atoms with E-state index in [2.05, 4.69) is 20.3 Å². The van der Waals surface area contributed by atoms with Crippen molar-refractivity contribution in [1.82, 2.24) is 15.3 Å². The number of aryl methyl sites for hydroxylation is 3. The van der Waals surface area contributed by atoms with Crippen LogP contribution in [0.5, 0.6) is 0 Å². The number of hydrogen-bond acceptors (Lipinski definition) is 6. The predicted octanol–water partition coefficient (Wildman–Crippen LogP) is 2.70. The second-order valence-corrected chi connectivity index (χ2v) is 6.89. The number of aliphatic imine (C=N–C) groups is 1. The second kappa shape index (κ2) is 5.73. The molecule has 2 aromatic heterocycles. The normalized spacial score (nSPS) is 14.5. The summed E-state index contributed by atoms with van der Waals surface area (Å²) < 4.78 is 0. The number of rotatable bonds is 2. The van der Waals surface area contributed by atoms with Gasteiger partial charge in [0.15, 0.2) is 5.17 Å². The molecule has 110 valence electrons. The summed E-state index contributed by atoms with van der Waals surface area (Å²) in [6, 6.07) is 0. The van der Waals surface area contributed by atoms with Gasteiger partial charge in [-0.3, -0.25) is 9.79 Å². The van der Waals surface area contributed by atoms with Gasteiger partial charge in [0.25, 0.3) is 5.91 Å². The fourth-order valence-corrected chi connectivity index (χ4v) is 4.20. The molecule has 0 bridgehead atoms. The Balaban J connectivity index is 2.00. The third-order valence-electron chi connectivity index (χ3n) is 3.35. The summed E-state index contributed by atoms with van der Waals surface area (Å²) in [6.07, 6.45) is 0.794. The molecule has 0 aromatic carbocycles. The van der Waals surface area contributed by atoms with Crippen molar-refractivity contribution in [2.24, 2.45) is 4.99 Å². The minimum absolute atomic E-state index is 0.0962. The Morgan fingerprint density at radius 3 is 2.81 bits per heavy atom. The van der Waals surface area contributed by atoms with Crippen LogP contribution in [0.4, 0.5) is 0 Å². The van der Waals surface area contributed by atoms with Gasteiger partial charge >= 0.3 is 0 Å². The Bertz CT molecular complexity index is 751. The molecule has 7 heteroatoms. The van der Waals surface area contributed by atoms with E-state index < -0.39 is 0 Å². The zero-order valence-corrected chi connectivity index (χ0v) is 13.8. The van der Waals surface area contributed by atoms with E-state index in [1.54, 1.807) is 11.8 Å². The smallest absolute Gasteiger partial charge is 0.267 e. The molecule has 1 N–H and O–H groups in total. The first-order chi connectivity index (χ1) is 10.1. The lowest BCUT2D eigenvalue weighted by Gasteiger charge is -2.03. The molecule has 3 heterocycles. The zero-order valence-electron chi connectivity index (χ0n) is 12.2. The molecular formula is C14H16N4OS2. The number of carbonyl (C=O) groups is 1. The van der Waals surface area contributed by atoms with E-state index in [-0.39, 0.29) is 5.91 Å². The molecule has 0 aliphatic carbocycles. The van der Waals surface area contributed by atoms with Gasteiger partial charge in [-0.25, -0.2) is 9.97 Å². The van der Waals surface area contributed by atoms with Crippen LogP contribution < -0.4 is 5.32 Å². The van der Waals surface area contributed by atoms with E-state index in [1.165, 1.54) is 11.3 Å². The lowest BCUT2D eigenvalue weighted by Crippen LogP contribution is -2.27. The second-order valence-electron chi connectivity index (χ2n) is 4.80. The Labute approximate surface area is 131 Å². The summed E-state index contributed by atoms with van der Waals surface area (Å²) in [6.45, 7) is 6.74. The summed E-state index contributed by atoms with van der Waals surface area (Å²) in [5.41, 5.74) is 1.90. The number of amides is 1. The first kappa shape index (κ1) is 14.5. The minimum Gasteiger partial charge on any atom is -0.301 e. The largest absolute Gasteiger partial charge is 0.301 e. The maximum absolute atomic E-state index is 12.4. The average molecular weight is 320 g/mol. The van der Waals surface area contributed by atoms with Crippen LogP contribution in [0, 0.1) is 13.8 Å². The third-order valence-corrected chi connectivity index (χ3v) is 5.42. The van der Waals surface area contributed by atoms with E-state index in [0.717, 1.165) is 46.0 Å². The number of aromatic nitrogens is 2. The van der Waals surface area contributed by atoms with Crippen molar-refractivity contribution < 1.29 is 4.79 Å². The van der Waals surface area contributed by atoms with Gasteiger partial charge in [0.1, 0.15) is 10.7 Å². The molecule has 0 saturated carbocycles. The van der Waals surface area contributed by atoms with Gasteiger partial charge in [-0.05, 0) is 19.4 Å². The summed E-state index contributed by atoms with van der Waals surface area (Å²) in [5.74, 6) is 1.66. The number of thioether (sulfide) groups is 1. The van der Waals surface area contributed by atoms with Gasteiger partial charge < -0.3 is 5.32 Å². The Kier molecular flexibility index (Phi) is 3.95. The Hall–Kier alpha value is -1.47. The lowest BCUT2D eigenvalue weighted by atomic mass is 10.1. The van der Waals surface area contributed by atoms with E-state index in [0.29, 0.717) is 10.0 Å². The fourth-order valence-electron chi connectivity index (χ4n) is 2.33. The van der Waals surface area contributed by atoms with Gasteiger partial charge in [0.05, 0.1) is 11.4 Å². The quantitative estimate of drug-likeness (QED) is 0.924. The van der Waals surface area contributed by atoms with Gasteiger partial charge in [-0.1, -0.05) is 18.7 Å². The third kappa shape index (κ3) is 2.67. The molecule has 1 amide bonds. The molecule has 0 radical (unpaired) electrons. The number of carbonyl (C=O) groups excluding carboxylic acids is 1. The van der Waals surface area contributed by atoms with Crippen LogP contribution in [0.2, 0.25) is 0 Å². The molecule has 0 saturated heterocycles. The van der Waals surface area contributed by atoms with Gasteiger partial charge in [-0.15, -0.1) is 11.3 Å². The van der Waals surface area contributed by atoms with E-state index in [1.807, 2.05) is 20.8 Å². The molecule has 5 nitrogen and oxygen atoms in total. The summed E-state index contributed by atoms with van der Waals surface area (Å²) in [7, 11) is 0. The maximum Gasteiger partial charge on any atom is 0.267 e. The molecular weight excluding hydrogens is 304 g/mol. The van der Waals surface area contributed by atoms with Crippen molar-refractivity contribution in [1.29, 1.82) is 0 Å². The van der Waals surface area contributed by atoms with Crippen molar-refractivity contribution in [2.45, 2.75) is 27.2 Å². The zero-order chi connectivity index (χ0) is 15.0. The van der Waals surface area contributed by atoms with Crippen molar-refractivity contribution in [3.05, 3.63) is 22.0 Å². The highest BCUT2D eigenvalue weighted by molar-refractivity contribution is 8.14. The van der Waals surface area contributed by atoms with Crippen LogP contribution in [0.25, 0.3) is 10.2 Å². The predicted molar refractivity (Wildman–Crippen MR) is 88.5 cm³/mol.